The van der Waals surface area contributed by atoms with Crippen molar-refractivity contribution in [2.45, 2.75) is 51.3 Å². The first kappa shape index (κ1) is 28.7. The van der Waals surface area contributed by atoms with Crippen LogP contribution < -0.4 is 5.73 Å². The Morgan fingerprint density at radius 3 is 2.41 bits per heavy atom. The number of carbonyl (C=O) groups is 3. The lowest BCUT2D eigenvalue weighted by molar-refractivity contribution is -0.153. The smallest absolute Gasteiger partial charge is 0.255 e. The molecule has 39 heavy (non-hydrogen) atoms. The summed E-state index contributed by atoms with van der Waals surface area (Å²) in [4.78, 5) is 42.3. The maximum atomic E-state index is 15.8. The van der Waals surface area contributed by atoms with E-state index in [1.807, 2.05) is 11.9 Å². The molecule has 0 bridgehead atoms. The van der Waals surface area contributed by atoms with Gasteiger partial charge in [-0.15, -0.1) is 0 Å². The number of benzene rings is 1. The van der Waals surface area contributed by atoms with Crippen molar-refractivity contribution in [2.24, 2.45) is 23.5 Å². The summed E-state index contributed by atoms with van der Waals surface area (Å²) in [5, 5.41) is 44.5. The van der Waals surface area contributed by atoms with Gasteiger partial charge in [0.25, 0.3) is 5.91 Å². The number of hydrogen-bond acceptors (Lipinski definition) is 9. The number of fused-ring (bicyclic) bond motifs is 3. The van der Waals surface area contributed by atoms with Crippen molar-refractivity contribution in [3.63, 3.8) is 0 Å². The number of nitrogens with zero attached hydrogens (tertiary/aromatic N) is 2. The maximum Gasteiger partial charge on any atom is 0.255 e. The number of phenols is 1. The van der Waals surface area contributed by atoms with E-state index in [2.05, 4.69) is 13.8 Å². The van der Waals surface area contributed by atoms with Crippen LogP contribution in [0.3, 0.4) is 0 Å². The van der Waals surface area contributed by atoms with Gasteiger partial charge in [0.2, 0.25) is 5.78 Å². The molecule has 0 saturated heterocycles. The number of halogens is 1. The molecule has 1 fully saturated rings. The fraction of sp³-hybridized carbons (Fsp3) is 0.536. The van der Waals surface area contributed by atoms with Gasteiger partial charge in [-0.1, -0.05) is 13.8 Å². The van der Waals surface area contributed by atoms with E-state index in [4.69, 9.17) is 5.73 Å². The van der Waals surface area contributed by atoms with Gasteiger partial charge < -0.3 is 31.1 Å². The van der Waals surface area contributed by atoms with Crippen LogP contribution in [0.2, 0.25) is 0 Å². The van der Waals surface area contributed by atoms with Crippen LogP contribution in [0.15, 0.2) is 23.0 Å². The maximum absolute atomic E-state index is 15.8. The topological polar surface area (TPSA) is 165 Å². The van der Waals surface area contributed by atoms with Gasteiger partial charge in [-0.3, -0.25) is 19.3 Å². The number of primary amides is 1. The summed E-state index contributed by atoms with van der Waals surface area (Å²) in [5.74, 6) is -7.74. The molecule has 0 aromatic heterocycles. The number of amides is 1. The summed E-state index contributed by atoms with van der Waals surface area (Å²) in [6, 6.07) is 0.0212. The van der Waals surface area contributed by atoms with Crippen molar-refractivity contribution in [3.8, 4) is 5.75 Å². The Kier molecular flexibility index (Phi) is 7.39. The molecule has 3 aliphatic carbocycles. The summed E-state index contributed by atoms with van der Waals surface area (Å²) in [7, 11) is 4.89. The molecular weight excluding hydrogens is 509 g/mol. The molecule has 0 spiro atoms. The first-order valence-corrected chi connectivity index (χ1v) is 13.0. The monoisotopic (exact) mass is 545 g/mol. The van der Waals surface area contributed by atoms with E-state index in [1.165, 1.54) is 25.1 Å². The number of likely N-dealkylation sites (N-methyl/N-ethyl adjacent to an activating group) is 1. The van der Waals surface area contributed by atoms with Crippen LogP contribution in [0.4, 0.5) is 4.39 Å². The number of ketones is 2. The van der Waals surface area contributed by atoms with Crippen molar-refractivity contribution in [1.82, 2.24) is 9.80 Å². The Morgan fingerprint density at radius 1 is 1.21 bits per heavy atom. The number of hydrogen-bond donors (Lipinski definition) is 5. The largest absolute Gasteiger partial charge is 0.508 e. The Hall–Kier alpha value is -3.28. The van der Waals surface area contributed by atoms with Gasteiger partial charge in [-0.05, 0) is 64.9 Å². The number of nitrogens with two attached hydrogens (primary N) is 1. The number of aliphatic hydroxyl groups is 3. The zero-order valence-corrected chi connectivity index (χ0v) is 22.8. The van der Waals surface area contributed by atoms with E-state index in [0.717, 1.165) is 6.42 Å². The lowest BCUT2D eigenvalue weighted by atomic mass is 9.57. The predicted octanol–water partition coefficient (Wildman–Crippen LogP) is 1.58. The van der Waals surface area contributed by atoms with Crippen molar-refractivity contribution in [1.29, 1.82) is 0 Å². The quantitative estimate of drug-likeness (QED) is 0.320. The molecule has 11 heteroatoms. The number of aliphatic hydroxyl groups excluding tert-OH is 2. The Balaban J connectivity index is 1.83. The highest BCUT2D eigenvalue weighted by molar-refractivity contribution is 6.24. The van der Waals surface area contributed by atoms with Crippen LogP contribution >= 0.6 is 0 Å². The van der Waals surface area contributed by atoms with Crippen LogP contribution in [0, 0.1) is 23.6 Å². The number of Topliss-reactive ketones (excluding diaryl/α,β-unsaturated/α-hetero) is 2. The minimum absolute atomic E-state index is 0.0351. The van der Waals surface area contributed by atoms with Crippen LogP contribution in [-0.4, -0.2) is 87.0 Å². The SMILES string of the molecule is CC(C)CCN(C)Cc1cc(O)c2c(c1F)C[C@H]1C[C@H]3[C@H](N(C)C)C(=O)C(C(N)=O)=C(O)[C@@]3(O)C(=O)C1=C2O. The van der Waals surface area contributed by atoms with Gasteiger partial charge in [-0.2, -0.15) is 0 Å². The molecule has 212 valence electrons. The zero-order valence-electron chi connectivity index (χ0n) is 22.8. The molecular formula is C28H36FN3O7. The highest BCUT2D eigenvalue weighted by atomic mass is 19.1. The van der Waals surface area contributed by atoms with Gasteiger partial charge in [0, 0.05) is 29.2 Å². The standard InChI is InChI=1S/C28H36FN3O7/c1-12(2)6-7-32(5)11-14-10-17(33)19-15(21(14)29)8-13-9-16-22(31(3)4)24(35)20(27(30)38)26(37)28(16,39)25(36)18(13)23(19)34/h10,12-13,16,22,33-34,37,39H,6-9,11H2,1-5H3,(H2,30,38)/t13-,16-,22-,28-/m0/s1. The number of carbonyl (C=O) groups excluding carboxylic acids is 3. The molecule has 1 aromatic carbocycles. The van der Waals surface area contributed by atoms with Crippen LogP contribution in [0.1, 0.15) is 43.4 Å². The lowest BCUT2D eigenvalue weighted by Crippen LogP contribution is -2.65. The fourth-order valence-corrected chi connectivity index (χ4v) is 6.31. The predicted molar refractivity (Wildman–Crippen MR) is 140 cm³/mol. The molecule has 10 nitrogen and oxygen atoms in total. The van der Waals surface area contributed by atoms with Crippen molar-refractivity contribution in [3.05, 3.63) is 45.5 Å². The van der Waals surface area contributed by atoms with Gasteiger partial charge in [0.1, 0.15) is 28.7 Å². The highest BCUT2D eigenvalue weighted by Crippen LogP contribution is 2.53. The van der Waals surface area contributed by atoms with Crippen LogP contribution in [0.25, 0.3) is 5.76 Å². The van der Waals surface area contributed by atoms with Crippen LogP contribution in [-0.2, 0) is 27.3 Å². The molecule has 1 saturated carbocycles. The van der Waals surface area contributed by atoms with E-state index in [0.29, 0.717) is 12.5 Å². The Bertz CT molecular complexity index is 1320. The first-order chi connectivity index (χ1) is 18.1. The van der Waals surface area contributed by atoms with Gasteiger partial charge in [-0.25, -0.2) is 4.39 Å². The van der Waals surface area contributed by atoms with Gasteiger partial charge in [0.15, 0.2) is 11.4 Å². The van der Waals surface area contributed by atoms with E-state index in [-0.39, 0.29) is 41.6 Å². The van der Waals surface area contributed by atoms with E-state index < -0.39 is 69.6 Å². The molecule has 0 heterocycles. The third-order valence-corrected chi connectivity index (χ3v) is 8.26. The molecule has 6 N–H and O–H groups in total. The molecule has 3 aliphatic rings. The average Bonchev–Trinajstić information content (AvgIpc) is 2.82. The molecule has 0 aliphatic heterocycles. The normalized spacial score (nSPS) is 26.9. The van der Waals surface area contributed by atoms with E-state index >= 15 is 4.39 Å². The third kappa shape index (κ3) is 4.42. The second kappa shape index (κ2) is 10.0. The molecule has 1 aromatic rings. The number of aromatic hydroxyl groups is 1. The average molecular weight is 546 g/mol. The highest BCUT2D eigenvalue weighted by Gasteiger charge is 2.64. The summed E-state index contributed by atoms with van der Waals surface area (Å²) in [6.07, 6.45) is 0.725. The van der Waals surface area contributed by atoms with Gasteiger partial charge >= 0.3 is 0 Å². The summed E-state index contributed by atoms with van der Waals surface area (Å²) < 4.78 is 15.8. The molecule has 0 radical (unpaired) electrons. The van der Waals surface area contributed by atoms with Crippen molar-refractivity contribution in [2.75, 3.05) is 27.7 Å². The van der Waals surface area contributed by atoms with Crippen molar-refractivity contribution >= 4 is 23.2 Å². The second-order valence-corrected chi connectivity index (χ2v) is 11.6. The van der Waals surface area contributed by atoms with Gasteiger partial charge in [0.05, 0.1) is 11.6 Å². The fourth-order valence-electron chi connectivity index (χ4n) is 6.31. The number of rotatable bonds is 7. The van der Waals surface area contributed by atoms with E-state index in [1.54, 1.807) is 0 Å². The minimum atomic E-state index is -2.72. The van der Waals surface area contributed by atoms with E-state index in [9.17, 15) is 34.8 Å². The molecule has 4 rings (SSSR count). The summed E-state index contributed by atoms with van der Waals surface area (Å²) in [5.41, 5.74) is 1.43. The molecule has 1 amide bonds. The zero-order chi connectivity index (χ0) is 29.1. The second-order valence-electron chi connectivity index (χ2n) is 11.6. The third-order valence-electron chi connectivity index (χ3n) is 8.26. The summed E-state index contributed by atoms with van der Waals surface area (Å²) in [6.45, 7) is 5.10. The molecule has 4 atom stereocenters. The van der Waals surface area contributed by atoms with Crippen LogP contribution in [0.5, 0.6) is 5.75 Å². The summed E-state index contributed by atoms with van der Waals surface area (Å²) >= 11 is 0. The molecule has 0 unspecified atom stereocenters. The van der Waals surface area contributed by atoms with Crippen molar-refractivity contribution < 1.29 is 39.2 Å². The Morgan fingerprint density at radius 2 is 1.85 bits per heavy atom. The lowest BCUT2D eigenvalue weighted by Gasteiger charge is -2.50. The first-order valence-electron chi connectivity index (χ1n) is 13.0. The number of phenolic OH excluding ortho intramolecular Hbond substituents is 1. The Labute approximate surface area is 226 Å². The minimum Gasteiger partial charge on any atom is -0.508 e.